The van der Waals surface area contributed by atoms with Crippen molar-refractivity contribution in [2.24, 2.45) is 5.92 Å². The van der Waals surface area contributed by atoms with Gasteiger partial charge in [-0.2, -0.15) is 0 Å². The maximum atomic E-state index is 12.9. The maximum Gasteiger partial charge on any atom is 0.225 e. The largest absolute Gasteiger partial charge is 0.342 e. The number of benzene rings is 1. The summed E-state index contributed by atoms with van der Waals surface area (Å²) in [5.74, 6) is 1.94. The lowest BCUT2D eigenvalue weighted by atomic mass is 9.84. The van der Waals surface area contributed by atoms with Crippen LogP contribution in [0.3, 0.4) is 0 Å². The summed E-state index contributed by atoms with van der Waals surface area (Å²) >= 11 is 1.93. The molecule has 4 nitrogen and oxygen atoms in total. The van der Waals surface area contributed by atoms with E-state index in [4.69, 9.17) is 0 Å². The van der Waals surface area contributed by atoms with Crippen molar-refractivity contribution < 1.29 is 9.59 Å². The third-order valence-electron chi connectivity index (χ3n) is 6.26. The van der Waals surface area contributed by atoms with E-state index in [0.717, 1.165) is 57.5 Å². The SMILES string of the molecule is O=C(C1CCC1)N1CCC2(CC1)SCCN2C(=O)CCc1ccccc1. The average molecular weight is 373 g/mol. The Morgan fingerprint density at radius 1 is 1.08 bits per heavy atom. The molecule has 0 unspecified atom stereocenters. The van der Waals surface area contributed by atoms with Crippen LogP contribution in [0.4, 0.5) is 0 Å². The van der Waals surface area contributed by atoms with Gasteiger partial charge in [-0.25, -0.2) is 0 Å². The molecule has 140 valence electrons. The lowest BCUT2D eigenvalue weighted by molar-refractivity contribution is -0.141. The van der Waals surface area contributed by atoms with Crippen molar-refractivity contribution in [1.82, 2.24) is 9.80 Å². The van der Waals surface area contributed by atoms with Gasteiger partial charge in [0.05, 0.1) is 4.87 Å². The van der Waals surface area contributed by atoms with Gasteiger partial charge < -0.3 is 9.80 Å². The van der Waals surface area contributed by atoms with Gasteiger partial charge in [-0.15, -0.1) is 11.8 Å². The fourth-order valence-electron chi connectivity index (χ4n) is 4.40. The Hall–Kier alpha value is -1.49. The average Bonchev–Trinajstić information content (AvgIpc) is 3.03. The molecule has 2 heterocycles. The molecule has 1 aromatic rings. The number of amides is 2. The normalized spacial score (nSPS) is 22.5. The first-order valence-corrected chi connectivity index (χ1v) is 10.9. The van der Waals surface area contributed by atoms with Gasteiger partial charge in [0.2, 0.25) is 11.8 Å². The number of carbonyl (C=O) groups excluding carboxylic acids is 2. The van der Waals surface area contributed by atoms with E-state index < -0.39 is 0 Å². The van der Waals surface area contributed by atoms with Crippen LogP contribution in [-0.4, -0.2) is 51.9 Å². The van der Waals surface area contributed by atoms with Crippen LogP contribution in [0.5, 0.6) is 0 Å². The second kappa shape index (κ2) is 7.63. The fourth-order valence-corrected chi connectivity index (χ4v) is 5.87. The topological polar surface area (TPSA) is 40.6 Å². The van der Waals surface area contributed by atoms with E-state index in [1.54, 1.807) is 0 Å². The van der Waals surface area contributed by atoms with Crippen LogP contribution in [0, 0.1) is 5.92 Å². The molecule has 4 rings (SSSR count). The van der Waals surface area contributed by atoms with Gasteiger partial charge in [0.15, 0.2) is 0 Å². The zero-order valence-electron chi connectivity index (χ0n) is 15.4. The number of piperidine rings is 1. The van der Waals surface area contributed by atoms with Crippen LogP contribution >= 0.6 is 11.8 Å². The fraction of sp³-hybridized carbons (Fsp3) is 0.619. The number of carbonyl (C=O) groups is 2. The highest BCUT2D eigenvalue weighted by molar-refractivity contribution is 8.00. The number of thioether (sulfide) groups is 1. The predicted molar refractivity (Wildman–Crippen MR) is 105 cm³/mol. The van der Waals surface area contributed by atoms with E-state index in [1.807, 2.05) is 30.0 Å². The molecule has 2 aliphatic heterocycles. The summed E-state index contributed by atoms with van der Waals surface area (Å²) in [6, 6.07) is 10.2. The minimum atomic E-state index is -0.0653. The highest BCUT2D eigenvalue weighted by atomic mass is 32.2. The highest BCUT2D eigenvalue weighted by Crippen LogP contribution is 2.44. The van der Waals surface area contributed by atoms with Gasteiger partial charge in [0, 0.05) is 37.7 Å². The summed E-state index contributed by atoms with van der Waals surface area (Å²) in [6.45, 7) is 2.48. The first kappa shape index (κ1) is 17.9. The monoisotopic (exact) mass is 372 g/mol. The molecule has 1 aliphatic carbocycles. The molecule has 0 bridgehead atoms. The van der Waals surface area contributed by atoms with Crippen molar-refractivity contribution >= 4 is 23.6 Å². The zero-order valence-corrected chi connectivity index (χ0v) is 16.2. The molecular weight excluding hydrogens is 344 g/mol. The number of hydrogen-bond acceptors (Lipinski definition) is 3. The van der Waals surface area contributed by atoms with Crippen molar-refractivity contribution in [1.29, 1.82) is 0 Å². The third-order valence-corrected chi connectivity index (χ3v) is 7.81. The van der Waals surface area contributed by atoms with Crippen molar-refractivity contribution in [3.8, 4) is 0 Å². The molecule has 3 fully saturated rings. The molecule has 0 radical (unpaired) electrons. The van der Waals surface area contributed by atoms with Crippen molar-refractivity contribution in [2.75, 3.05) is 25.4 Å². The maximum absolute atomic E-state index is 12.9. The minimum absolute atomic E-state index is 0.0653. The number of likely N-dealkylation sites (tertiary alicyclic amines) is 1. The lowest BCUT2D eigenvalue weighted by Gasteiger charge is -2.45. The number of hydrogen-bond donors (Lipinski definition) is 0. The van der Waals surface area contributed by atoms with Crippen LogP contribution in [0.15, 0.2) is 30.3 Å². The Kier molecular flexibility index (Phi) is 5.25. The van der Waals surface area contributed by atoms with E-state index in [0.29, 0.717) is 12.3 Å². The summed E-state index contributed by atoms with van der Waals surface area (Å²) < 4.78 is 0. The van der Waals surface area contributed by atoms with E-state index in [2.05, 4.69) is 21.9 Å². The smallest absolute Gasteiger partial charge is 0.225 e. The summed E-state index contributed by atoms with van der Waals surface area (Å²) in [5, 5.41) is 0. The van der Waals surface area contributed by atoms with Crippen LogP contribution in [0.25, 0.3) is 0 Å². The Morgan fingerprint density at radius 2 is 1.81 bits per heavy atom. The summed E-state index contributed by atoms with van der Waals surface area (Å²) in [5.41, 5.74) is 1.22. The second-order valence-corrected chi connectivity index (χ2v) is 9.24. The number of nitrogens with zero attached hydrogens (tertiary/aromatic N) is 2. The Balaban J connectivity index is 1.34. The minimum Gasteiger partial charge on any atom is -0.342 e. The number of aryl methyl sites for hydroxylation is 1. The van der Waals surface area contributed by atoms with Gasteiger partial charge in [-0.1, -0.05) is 36.8 Å². The Bertz CT molecular complexity index is 651. The molecular formula is C21H28N2O2S. The molecule has 1 aromatic carbocycles. The van der Waals surface area contributed by atoms with Gasteiger partial charge >= 0.3 is 0 Å². The number of rotatable bonds is 4. The predicted octanol–water partition coefficient (Wildman–Crippen LogP) is 3.31. The zero-order chi connectivity index (χ0) is 18.0. The Morgan fingerprint density at radius 3 is 2.46 bits per heavy atom. The van der Waals surface area contributed by atoms with E-state index >= 15 is 0 Å². The van der Waals surface area contributed by atoms with Gasteiger partial charge in [-0.05, 0) is 37.7 Å². The van der Waals surface area contributed by atoms with Crippen LogP contribution in [-0.2, 0) is 16.0 Å². The van der Waals surface area contributed by atoms with Crippen molar-refractivity contribution in [3.05, 3.63) is 35.9 Å². The van der Waals surface area contributed by atoms with Gasteiger partial charge in [-0.3, -0.25) is 9.59 Å². The molecule has 1 saturated carbocycles. The molecule has 2 saturated heterocycles. The van der Waals surface area contributed by atoms with E-state index in [9.17, 15) is 9.59 Å². The van der Waals surface area contributed by atoms with Gasteiger partial charge in [0.1, 0.15) is 0 Å². The molecule has 0 aromatic heterocycles. The standard InChI is InChI=1S/C21H28N2O2S/c24-19(10-9-17-5-2-1-3-6-17)23-15-16-26-21(23)11-13-22(14-12-21)20(25)18-7-4-8-18/h1-3,5-6,18H,4,7-16H2. The first-order chi connectivity index (χ1) is 12.7. The second-order valence-electron chi connectivity index (χ2n) is 7.78. The quantitative estimate of drug-likeness (QED) is 0.814. The molecule has 1 spiro atoms. The summed E-state index contributed by atoms with van der Waals surface area (Å²) in [7, 11) is 0. The molecule has 5 heteroatoms. The third kappa shape index (κ3) is 3.51. The van der Waals surface area contributed by atoms with Gasteiger partial charge in [0.25, 0.3) is 0 Å². The molecule has 26 heavy (non-hydrogen) atoms. The summed E-state index contributed by atoms with van der Waals surface area (Å²) in [4.78, 5) is 29.5. The van der Waals surface area contributed by atoms with E-state index in [1.165, 1.54) is 12.0 Å². The van der Waals surface area contributed by atoms with Crippen LogP contribution in [0.1, 0.15) is 44.1 Å². The lowest BCUT2D eigenvalue weighted by Crippen LogP contribution is -2.54. The Labute approximate surface area is 160 Å². The molecule has 0 N–H and O–H groups in total. The molecule has 3 aliphatic rings. The highest BCUT2D eigenvalue weighted by Gasteiger charge is 2.47. The van der Waals surface area contributed by atoms with Crippen molar-refractivity contribution in [2.45, 2.75) is 49.8 Å². The van der Waals surface area contributed by atoms with Crippen molar-refractivity contribution in [3.63, 3.8) is 0 Å². The molecule has 0 atom stereocenters. The van der Waals surface area contributed by atoms with Crippen LogP contribution in [0.2, 0.25) is 0 Å². The van der Waals surface area contributed by atoms with E-state index in [-0.39, 0.29) is 16.7 Å². The first-order valence-electron chi connectivity index (χ1n) is 9.95. The van der Waals surface area contributed by atoms with Crippen LogP contribution < -0.4 is 0 Å². The molecule has 2 amide bonds. The summed E-state index contributed by atoms with van der Waals surface area (Å²) in [6.07, 6.45) is 6.58.